The lowest BCUT2D eigenvalue weighted by atomic mass is 9.99. The van der Waals surface area contributed by atoms with Crippen molar-refractivity contribution >= 4 is 58.4 Å². The maximum atomic E-state index is 2.37. The third-order valence-corrected chi connectivity index (χ3v) is 13.1. The molecule has 0 spiro atoms. The largest absolute Gasteiger partial charge is 0.310 e. The number of rotatable bonds is 12. The summed E-state index contributed by atoms with van der Waals surface area (Å²) in [6.07, 6.45) is 8.82. The molecule has 0 atom stereocenters. The standard InChI is InChI=1S/C66H60N2/c1-45-9-19-55(49(5)41-45)21-13-53-15-31-61(32-16-53)67(65-39-11-47(3)43-51(65)7)63-35-27-59(28-36-63)57-23-25-58(26-24-57)60-29-37-64(38-30-60)68(66-40-12-48(4)44-52(66)8)62-33-17-54(18-34-62)14-22-56-20-10-46(2)42-50(56)6/h9-44H,1-8H3/b21-13+,22-14+. The van der Waals surface area contributed by atoms with Gasteiger partial charge in [0.2, 0.25) is 0 Å². The second-order valence-corrected chi connectivity index (χ2v) is 18.5. The number of anilines is 6. The summed E-state index contributed by atoms with van der Waals surface area (Å²) in [6, 6.07) is 71.3. The summed E-state index contributed by atoms with van der Waals surface area (Å²) >= 11 is 0. The average molecular weight is 881 g/mol. The average Bonchev–Trinajstić information content (AvgIpc) is 3.34. The molecule has 0 N–H and O–H groups in total. The van der Waals surface area contributed by atoms with Gasteiger partial charge in [-0.2, -0.15) is 0 Å². The zero-order valence-electron chi connectivity index (χ0n) is 40.7. The first kappa shape index (κ1) is 45.2. The van der Waals surface area contributed by atoms with Crippen LogP contribution in [0.5, 0.6) is 0 Å². The van der Waals surface area contributed by atoms with Gasteiger partial charge < -0.3 is 9.80 Å². The van der Waals surface area contributed by atoms with Gasteiger partial charge in [-0.15, -0.1) is 0 Å². The van der Waals surface area contributed by atoms with Crippen LogP contribution in [-0.4, -0.2) is 0 Å². The van der Waals surface area contributed by atoms with Gasteiger partial charge in [0.15, 0.2) is 0 Å². The van der Waals surface area contributed by atoms with Gasteiger partial charge in [0.05, 0.1) is 0 Å². The number of benzene rings is 9. The van der Waals surface area contributed by atoms with E-state index >= 15 is 0 Å². The quantitative estimate of drug-likeness (QED) is 0.113. The molecule has 9 aromatic carbocycles. The zero-order valence-corrected chi connectivity index (χ0v) is 40.7. The Hall–Kier alpha value is -7.94. The van der Waals surface area contributed by atoms with E-state index < -0.39 is 0 Å². The van der Waals surface area contributed by atoms with E-state index in [2.05, 4.69) is 284 Å². The Morgan fingerprint density at radius 3 is 0.809 bits per heavy atom. The summed E-state index contributed by atoms with van der Waals surface area (Å²) in [4.78, 5) is 4.73. The molecule has 0 unspecified atom stereocenters. The number of hydrogen-bond acceptors (Lipinski definition) is 2. The fourth-order valence-corrected chi connectivity index (χ4v) is 9.29. The van der Waals surface area contributed by atoms with Crippen molar-refractivity contribution in [2.75, 3.05) is 9.80 Å². The van der Waals surface area contributed by atoms with E-state index in [1.54, 1.807) is 0 Å². The van der Waals surface area contributed by atoms with E-state index in [1.807, 2.05) is 0 Å². The van der Waals surface area contributed by atoms with Crippen molar-refractivity contribution in [3.63, 3.8) is 0 Å². The second kappa shape index (κ2) is 19.9. The molecule has 0 radical (unpaired) electrons. The third kappa shape index (κ3) is 10.2. The van der Waals surface area contributed by atoms with Crippen LogP contribution in [0.3, 0.4) is 0 Å². The Morgan fingerprint density at radius 1 is 0.250 bits per heavy atom. The first-order valence-corrected chi connectivity index (χ1v) is 23.7. The summed E-state index contributed by atoms with van der Waals surface area (Å²) in [5.74, 6) is 0. The fraction of sp³-hybridized carbons (Fsp3) is 0.121. The smallest absolute Gasteiger partial charge is 0.0490 e. The Morgan fingerprint density at radius 2 is 0.515 bits per heavy atom. The van der Waals surface area contributed by atoms with Crippen LogP contribution in [0.4, 0.5) is 34.1 Å². The van der Waals surface area contributed by atoms with Gasteiger partial charge in [0, 0.05) is 34.1 Å². The summed E-state index contributed by atoms with van der Waals surface area (Å²) in [5, 5.41) is 0. The van der Waals surface area contributed by atoms with Crippen LogP contribution in [0.25, 0.3) is 46.6 Å². The minimum absolute atomic E-state index is 1.12. The van der Waals surface area contributed by atoms with Crippen molar-refractivity contribution in [1.29, 1.82) is 0 Å². The lowest BCUT2D eigenvalue weighted by molar-refractivity contribution is 1.24. The van der Waals surface area contributed by atoms with Crippen LogP contribution in [0, 0.1) is 55.4 Å². The molecule has 0 saturated heterocycles. The van der Waals surface area contributed by atoms with Crippen molar-refractivity contribution in [2.45, 2.75) is 55.4 Å². The van der Waals surface area contributed by atoms with Gasteiger partial charge in [0.1, 0.15) is 0 Å². The Kier molecular flexibility index (Phi) is 13.2. The highest BCUT2D eigenvalue weighted by molar-refractivity contribution is 5.84. The number of hydrogen-bond donors (Lipinski definition) is 0. The molecule has 2 heteroatoms. The van der Waals surface area contributed by atoms with Gasteiger partial charge in [0.25, 0.3) is 0 Å². The third-order valence-electron chi connectivity index (χ3n) is 13.1. The van der Waals surface area contributed by atoms with E-state index in [9.17, 15) is 0 Å². The minimum atomic E-state index is 1.12. The predicted octanol–water partition coefficient (Wildman–Crippen LogP) is 18.8. The molecule has 0 amide bonds. The maximum Gasteiger partial charge on any atom is 0.0490 e. The van der Waals surface area contributed by atoms with E-state index in [0.717, 1.165) is 22.7 Å². The molecule has 0 aliphatic carbocycles. The predicted molar refractivity (Wildman–Crippen MR) is 295 cm³/mol. The van der Waals surface area contributed by atoms with Crippen LogP contribution < -0.4 is 9.80 Å². The van der Waals surface area contributed by atoms with Crippen LogP contribution in [-0.2, 0) is 0 Å². The van der Waals surface area contributed by atoms with Gasteiger partial charge in [-0.3, -0.25) is 0 Å². The Bertz CT molecular complexity index is 3040. The van der Waals surface area contributed by atoms with Crippen molar-refractivity contribution < 1.29 is 0 Å². The van der Waals surface area contributed by atoms with Gasteiger partial charge in [-0.25, -0.2) is 0 Å². The minimum Gasteiger partial charge on any atom is -0.310 e. The molecule has 9 aromatic rings. The molecule has 68 heavy (non-hydrogen) atoms. The molecule has 334 valence electrons. The Balaban J connectivity index is 0.941. The summed E-state index contributed by atoms with van der Waals surface area (Å²) in [6.45, 7) is 17.3. The lowest BCUT2D eigenvalue weighted by Gasteiger charge is -2.27. The van der Waals surface area contributed by atoms with E-state index in [-0.39, 0.29) is 0 Å². The first-order valence-electron chi connectivity index (χ1n) is 23.7. The molecular formula is C66H60N2. The molecule has 0 heterocycles. The van der Waals surface area contributed by atoms with Gasteiger partial charge in [-0.1, -0.05) is 180 Å². The monoisotopic (exact) mass is 880 g/mol. The number of aryl methyl sites for hydroxylation is 8. The van der Waals surface area contributed by atoms with Crippen LogP contribution in [0.15, 0.2) is 194 Å². The second-order valence-electron chi connectivity index (χ2n) is 18.5. The molecule has 0 aromatic heterocycles. The highest BCUT2D eigenvalue weighted by Crippen LogP contribution is 2.40. The molecule has 0 aliphatic heterocycles. The highest BCUT2D eigenvalue weighted by Gasteiger charge is 2.17. The van der Waals surface area contributed by atoms with Gasteiger partial charge in [-0.05, 0) is 183 Å². The molecule has 2 nitrogen and oxygen atoms in total. The van der Waals surface area contributed by atoms with E-state index in [4.69, 9.17) is 0 Å². The van der Waals surface area contributed by atoms with Crippen molar-refractivity contribution in [2.24, 2.45) is 0 Å². The highest BCUT2D eigenvalue weighted by atomic mass is 15.1. The van der Waals surface area contributed by atoms with E-state index in [1.165, 1.54) is 100 Å². The normalized spacial score (nSPS) is 11.4. The summed E-state index contributed by atoms with van der Waals surface area (Å²) in [5.41, 5.74) is 26.5. The molecular weight excluding hydrogens is 821 g/mol. The van der Waals surface area contributed by atoms with Crippen molar-refractivity contribution in [3.8, 4) is 22.3 Å². The van der Waals surface area contributed by atoms with Crippen LogP contribution in [0.2, 0.25) is 0 Å². The van der Waals surface area contributed by atoms with E-state index in [0.29, 0.717) is 0 Å². The maximum absolute atomic E-state index is 2.37. The number of nitrogens with zero attached hydrogens (tertiary/aromatic N) is 2. The molecule has 9 rings (SSSR count). The molecule has 0 fully saturated rings. The van der Waals surface area contributed by atoms with Crippen molar-refractivity contribution in [3.05, 3.63) is 261 Å². The lowest BCUT2D eigenvalue weighted by Crippen LogP contribution is -2.11. The van der Waals surface area contributed by atoms with Crippen molar-refractivity contribution in [1.82, 2.24) is 0 Å². The topological polar surface area (TPSA) is 6.48 Å². The SMILES string of the molecule is Cc1ccc(/C=C/c2ccc(N(c3ccc(-c4ccc(-c5ccc(N(c6ccc(/C=C/c7ccc(C)cc7C)cc6)c6ccc(C)cc6C)cc5)cc4)cc3)c3ccc(C)cc3C)cc2)c(C)c1. The molecule has 0 aliphatic rings. The van der Waals surface area contributed by atoms with Gasteiger partial charge >= 0.3 is 0 Å². The summed E-state index contributed by atoms with van der Waals surface area (Å²) < 4.78 is 0. The Labute approximate surface area is 404 Å². The zero-order chi connectivity index (χ0) is 47.3. The van der Waals surface area contributed by atoms with Crippen LogP contribution in [0.1, 0.15) is 66.8 Å². The molecule has 0 saturated carbocycles. The fourth-order valence-electron chi connectivity index (χ4n) is 9.29. The van der Waals surface area contributed by atoms with Crippen LogP contribution >= 0.6 is 0 Å². The summed E-state index contributed by atoms with van der Waals surface area (Å²) in [7, 11) is 0. The molecule has 0 bridgehead atoms. The first-order chi connectivity index (χ1) is 32.9.